The lowest BCUT2D eigenvalue weighted by Crippen LogP contribution is -2.11. The fourth-order valence-corrected chi connectivity index (χ4v) is 1.58. The number of carbonyl (C=O) groups excluding carboxylic acids is 1. The first-order valence-corrected chi connectivity index (χ1v) is 6.45. The van der Waals surface area contributed by atoms with E-state index in [9.17, 15) is 4.79 Å². The molecule has 0 heterocycles. The highest BCUT2D eigenvalue weighted by Gasteiger charge is 2.06. The van der Waals surface area contributed by atoms with E-state index in [4.69, 9.17) is 14.4 Å². The van der Waals surface area contributed by atoms with Gasteiger partial charge in [-0.15, -0.1) is 0 Å². The molecule has 0 radical (unpaired) electrons. The third-order valence-corrected chi connectivity index (χ3v) is 2.64. The van der Waals surface area contributed by atoms with Crippen LogP contribution in [0.3, 0.4) is 0 Å². The van der Waals surface area contributed by atoms with Crippen LogP contribution in [0.25, 0.3) is 0 Å². The summed E-state index contributed by atoms with van der Waals surface area (Å²) in [6, 6.07) is 15.8. The number of carbonyl (C=O) groups is 1. The van der Waals surface area contributed by atoms with Gasteiger partial charge >= 0.3 is 5.97 Å². The van der Waals surface area contributed by atoms with Gasteiger partial charge in [0.1, 0.15) is 24.7 Å². The Labute approximate surface area is 122 Å². The lowest BCUT2D eigenvalue weighted by molar-refractivity contribution is -0.243. The van der Waals surface area contributed by atoms with Crippen LogP contribution in [0.4, 0.5) is 0 Å². The molecule has 0 fully saturated rings. The lowest BCUT2D eigenvalue weighted by Gasteiger charge is -2.07. The van der Waals surface area contributed by atoms with Crippen LogP contribution in [0.1, 0.15) is 10.4 Å². The van der Waals surface area contributed by atoms with Crippen LogP contribution >= 0.6 is 0 Å². The summed E-state index contributed by atoms with van der Waals surface area (Å²) in [5.41, 5.74) is 0.438. The van der Waals surface area contributed by atoms with E-state index in [1.165, 1.54) is 0 Å². The summed E-state index contributed by atoms with van der Waals surface area (Å²) in [6.07, 6.45) is 0. The largest absolute Gasteiger partial charge is 0.497 e. The smallest absolute Gasteiger partial charge is 0.373 e. The van der Waals surface area contributed by atoms with Crippen LogP contribution in [0.2, 0.25) is 0 Å². The normalized spacial score (nSPS) is 9.95. The van der Waals surface area contributed by atoms with Gasteiger partial charge in [0.25, 0.3) is 0 Å². The Hall–Kier alpha value is -2.53. The molecule has 0 saturated carbocycles. The molecule has 0 unspecified atom stereocenters. The summed E-state index contributed by atoms with van der Waals surface area (Å²) in [5, 5.41) is 0. The van der Waals surface area contributed by atoms with E-state index in [-0.39, 0.29) is 13.2 Å². The first-order valence-electron chi connectivity index (χ1n) is 6.45. The predicted molar refractivity (Wildman–Crippen MR) is 76.3 cm³/mol. The standard InChI is InChI=1S/C16H16O5/c1-18-14-7-9-15(10-8-14)19-11-12-20-21-16(17)13-5-3-2-4-6-13/h2-10H,11-12H2,1H3. The second kappa shape index (κ2) is 7.91. The van der Waals surface area contributed by atoms with Crippen molar-refractivity contribution in [2.75, 3.05) is 20.3 Å². The fourth-order valence-electron chi connectivity index (χ4n) is 1.58. The molecule has 0 spiro atoms. The second-order valence-corrected chi connectivity index (χ2v) is 4.08. The van der Waals surface area contributed by atoms with Gasteiger partial charge in [-0.1, -0.05) is 18.2 Å². The second-order valence-electron chi connectivity index (χ2n) is 4.08. The van der Waals surface area contributed by atoms with E-state index in [0.29, 0.717) is 11.3 Å². The maximum atomic E-state index is 11.5. The van der Waals surface area contributed by atoms with E-state index in [1.807, 2.05) is 6.07 Å². The van der Waals surface area contributed by atoms with E-state index in [1.54, 1.807) is 55.6 Å². The third kappa shape index (κ3) is 4.81. The average Bonchev–Trinajstić information content (AvgIpc) is 2.55. The molecule has 5 heteroatoms. The van der Waals surface area contributed by atoms with Gasteiger partial charge in [0.15, 0.2) is 0 Å². The minimum Gasteiger partial charge on any atom is -0.497 e. The molecule has 0 N–H and O–H groups in total. The Balaban J connectivity index is 1.64. The van der Waals surface area contributed by atoms with E-state index in [0.717, 1.165) is 5.75 Å². The number of methoxy groups -OCH3 is 1. The molecule has 110 valence electrons. The Kier molecular flexibility index (Phi) is 5.60. The van der Waals surface area contributed by atoms with Crippen molar-refractivity contribution in [3.05, 3.63) is 60.2 Å². The molecule has 5 nitrogen and oxygen atoms in total. The SMILES string of the molecule is COc1ccc(OCCOOC(=O)c2ccccc2)cc1. The van der Waals surface area contributed by atoms with Crippen LogP contribution in [0, 0.1) is 0 Å². The molecule has 0 aliphatic rings. The van der Waals surface area contributed by atoms with Crippen molar-refractivity contribution >= 4 is 5.97 Å². The third-order valence-electron chi connectivity index (χ3n) is 2.64. The molecule has 0 amide bonds. The van der Waals surface area contributed by atoms with Crippen molar-refractivity contribution in [1.82, 2.24) is 0 Å². The minimum atomic E-state index is -0.528. The fraction of sp³-hybridized carbons (Fsp3) is 0.188. The molecule has 0 aromatic heterocycles. The maximum Gasteiger partial charge on any atom is 0.373 e. The van der Waals surface area contributed by atoms with Crippen molar-refractivity contribution in [3.63, 3.8) is 0 Å². The molecule has 2 aromatic rings. The summed E-state index contributed by atoms with van der Waals surface area (Å²) >= 11 is 0. The van der Waals surface area contributed by atoms with E-state index < -0.39 is 5.97 Å². The van der Waals surface area contributed by atoms with Gasteiger partial charge < -0.3 is 9.47 Å². The topological polar surface area (TPSA) is 54.0 Å². The highest BCUT2D eigenvalue weighted by Crippen LogP contribution is 2.16. The van der Waals surface area contributed by atoms with Crippen molar-refractivity contribution in [2.45, 2.75) is 0 Å². The Morgan fingerprint density at radius 1 is 0.905 bits per heavy atom. The number of benzene rings is 2. The summed E-state index contributed by atoms with van der Waals surface area (Å²) in [5.74, 6) is 0.921. The first kappa shape index (κ1) is 14.9. The van der Waals surface area contributed by atoms with E-state index in [2.05, 4.69) is 4.89 Å². The van der Waals surface area contributed by atoms with E-state index >= 15 is 0 Å². The summed E-state index contributed by atoms with van der Waals surface area (Å²) < 4.78 is 10.5. The number of ether oxygens (including phenoxy) is 2. The van der Waals surface area contributed by atoms with Crippen molar-refractivity contribution in [3.8, 4) is 11.5 Å². The zero-order valence-electron chi connectivity index (χ0n) is 11.7. The summed E-state index contributed by atoms with van der Waals surface area (Å²) in [6.45, 7) is 0.416. The molecule has 0 aliphatic carbocycles. The molecule has 0 aliphatic heterocycles. The van der Waals surface area contributed by atoms with Gasteiger partial charge in [0.05, 0.1) is 12.7 Å². The number of rotatable bonds is 7. The molecule has 0 atom stereocenters. The molecular weight excluding hydrogens is 272 g/mol. The maximum absolute atomic E-state index is 11.5. The lowest BCUT2D eigenvalue weighted by atomic mass is 10.2. The van der Waals surface area contributed by atoms with Gasteiger partial charge in [-0.05, 0) is 36.4 Å². The van der Waals surface area contributed by atoms with Crippen LogP contribution in [0.5, 0.6) is 11.5 Å². The van der Waals surface area contributed by atoms with Crippen LogP contribution in [-0.2, 0) is 9.78 Å². The Morgan fingerprint density at radius 3 is 2.24 bits per heavy atom. The van der Waals surface area contributed by atoms with Gasteiger partial charge in [-0.25, -0.2) is 4.79 Å². The molecule has 2 aromatic carbocycles. The van der Waals surface area contributed by atoms with Crippen LogP contribution < -0.4 is 9.47 Å². The van der Waals surface area contributed by atoms with Crippen molar-refractivity contribution in [2.24, 2.45) is 0 Å². The van der Waals surface area contributed by atoms with Crippen LogP contribution in [0.15, 0.2) is 54.6 Å². The average molecular weight is 288 g/mol. The van der Waals surface area contributed by atoms with Crippen LogP contribution in [-0.4, -0.2) is 26.3 Å². The van der Waals surface area contributed by atoms with Crippen molar-refractivity contribution < 1.29 is 24.0 Å². The number of hydrogen-bond donors (Lipinski definition) is 0. The zero-order chi connectivity index (χ0) is 14.9. The van der Waals surface area contributed by atoms with Gasteiger partial charge in [0, 0.05) is 0 Å². The molecule has 0 bridgehead atoms. The summed E-state index contributed by atoms with van der Waals surface area (Å²) in [4.78, 5) is 21.0. The quantitative estimate of drug-likeness (QED) is 0.445. The highest BCUT2D eigenvalue weighted by atomic mass is 17.2. The van der Waals surface area contributed by atoms with Gasteiger partial charge in [0.2, 0.25) is 0 Å². The Morgan fingerprint density at radius 2 is 1.57 bits per heavy atom. The minimum absolute atomic E-state index is 0.143. The van der Waals surface area contributed by atoms with Gasteiger partial charge in [-0.2, -0.15) is 4.89 Å². The molecule has 2 rings (SSSR count). The summed E-state index contributed by atoms with van der Waals surface area (Å²) in [7, 11) is 1.60. The highest BCUT2D eigenvalue weighted by molar-refractivity contribution is 5.88. The Bertz CT molecular complexity index is 551. The zero-order valence-corrected chi connectivity index (χ0v) is 11.7. The molecule has 0 saturated heterocycles. The first-order chi connectivity index (χ1) is 10.3. The van der Waals surface area contributed by atoms with Crippen molar-refractivity contribution in [1.29, 1.82) is 0 Å². The monoisotopic (exact) mass is 288 g/mol. The number of hydrogen-bond acceptors (Lipinski definition) is 5. The van der Waals surface area contributed by atoms with Gasteiger partial charge in [-0.3, -0.25) is 4.89 Å². The predicted octanol–water partition coefficient (Wildman–Crippen LogP) is 2.86. The molecule has 21 heavy (non-hydrogen) atoms. The molecular formula is C16H16O5.